The standard InChI is InChI=1S/C24H32N4O7/c1-5-23(3,4)16-8-10-24(11-9-16)21(31)27(22(32)26-24)13-20(30)35-14-19(29)25-18-12-17(28(33)34)7-6-15(18)2/h6-7,12,16H,5,8-11,13-14H2,1-4H3,(H,25,29)(H,26,32). The quantitative estimate of drug-likeness (QED) is 0.247. The number of non-ortho nitro benzene ring substituents is 1. The number of hydrogen-bond acceptors (Lipinski definition) is 7. The van der Waals surface area contributed by atoms with Gasteiger partial charge in [0.15, 0.2) is 6.61 Å². The highest BCUT2D eigenvalue weighted by atomic mass is 16.6. The van der Waals surface area contributed by atoms with Crippen LogP contribution in [0, 0.1) is 28.4 Å². The Bertz CT molecular complexity index is 1040. The number of nitrogens with zero attached hydrogens (tertiary/aromatic N) is 2. The van der Waals surface area contributed by atoms with Crippen LogP contribution in [-0.4, -0.2) is 52.3 Å². The number of benzene rings is 1. The summed E-state index contributed by atoms with van der Waals surface area (Å²) in [4.78, 5) is 61.2. The fourth-order valence-corrected chi connectivity index (χ4v) is 4.70. The number of rotatable bonds is 8. The van der Waals surface area contributed by atoms with Gasteiger partial charge < -0.3 is 15.4 Å². The van der Waals surface area contributed by atoms with Crippen LogP contribution in [0.25, 0.3) is 0 Å². The maximum Gasteiger partial charge on any atom is 0.326 e. The summed E-state index contributed by atoms with van der Waals surface area (Å²) in [7, 11) is 0. The lowest BCUT2D eigenvalue weighted by Gasteiger charge is -2.42. The first-order valence-electron chi connectivity index (χ1n) is 11.7. The van der Waals surface area contributed by atoms with E-state index < -0.39 is 47.4 Å². The first kappa shape index (κ1) is 26.1. The lowest BCUT2D eigenvalue weighted by atomic mass is 9.65. The lowest BCUT2D eigenvalue weighted by Crippen LogP contribution is -2.51. The molecule has 3 rings (SSSR count). The van der Waals surface area contributed by atoms with E-state index in [1.54, 1.807) is 6.92 Å². The molecule has 2 fully saturated rings. The Morgan fingerprint density at radius 3 is 2.54 bits per heavy atom. The summed E-state index contributed by atoms with van der Waals surface area (Å²) in [6.45, 7) is 6.97. The van der Waals surface area contributed by atoms with E-state index in [0.717, 1.165) is 24.2 Å². The SMILES string of the molecule is CCC(C)(C)C1CCC2(CC1)NC(=O)N(CC(=O)OCC(=O)Nc1cc([N+](=O)[O-])ccc1C)C2=O. The molecule has 35 heavy (non-hydrogen) atoms. The summed E-state index contributed by atoms with van der Waals surface area (Å²) >= 11 is 0. The molecule has 0 unspecified atom stereocenters. The molecule has 1 aromatic carbocycles. The molecule has 0 radical (unpaired) electrons. The van der Waals surface area contributed by atoms with Crippen LogP contribution in [-0.2, 0) is 19.1 Å². The molecule has 1 aromatic rings. The van der Waals surface area contributed by atoms with E-state index in [4.69, 9.17) is 4.74 Å². The third kappa shape index (κ3) is 5.60. The number of imide groups is 1. The van der Waals surface area contributed by atoms with E-state index in [1.165, 1.54) is 18.2 Å². The number of carbonyl (C=O) groups is 4. The third-order valence-electron chi connectivity index (χ3n) is 7.46. The van der Waals surface area contributed by atoms with E-state index >= 15 is 0 Å². The molecule has 0 bridgehead atoms. The summed E-state index contributed by atoms with van der Waals surface area (Å²) in [6.07, 6.45) is 3.67. The zero-order chi connectivity index (χ0) is 26.0. The second kappa shape index (κ2) is 10.0. The number of anilines is 1. The van der Waals surface area contributed by atoms with Gasteiger partial charge in [-0.3, -0.25) is 29.4 Å². The number of amides is 4. The van der Waals surface area contributed by atoms with Crippen LogP contribution < -0.4 is 10.6 Å². The van der Waals surface area contributed by atoms with Gasteiger partial charge in [-0.25, -0.2) is 4.79 Å². The predicted octanol–water partition coefficient (Wildman–Crippen LogP) is 3.30. The van der Waals surface area contributed by atoms with Crippen LogP contribution in [0.2, 0.25) is 0 Å². The summed E-state index contributed by atoms with van der Waals surface area (Å²) < 4.78 is 4.95. The van der Waals surface area contributed by atoms with Gasteiger partial charge in [0, 0.05) is 12.1 Å². The number of nitro groups is 1. The number of aryl methyl sites for hydroxylation is 1. The van der Waals surface area contributed by atoms with Crippen molar-refractivity contribution in [3.8, 4) is 0 Å². The number of hydrogen-bond donors (Lipinski definition) is 2. The molecule has 0 atom stereocenters. The topological polar surface area (TPSA) is 148 Å². The molecule has 1 aliphatic heterocycles. The number of urea groups is 1. The van der Waals surface area contributed by atoms with Gasteiger partial charge in [-0.05, 0) is 49.5 Å². The molecular weight excluding hydrogens is 456 g/mol. The first-order valence-corrected chi connectivity index (χ1v) is 11.7. The van der Waals surface area contributed by atoms with E-state index in [0.29, 0.717) is 24.3 Å². The van der Waals surface area contributed by atoms with Crippen molar-refractivity contribution in [2.24, 2.45) is 11.3 Å². The Morgan fingerprint density at radius 1 is 1.29 bits per heavy atom. The molecule has 11 nitrogen and oxygen atoms in total. The number of nitrogens with one attached hydrogen (secondary N) is 2. The molecule has 1 saturated carbocycles. The van der Waals surface area contributed by atoms with Gasteiger partial charge in [-0.1, -0.05) is 33.3 Å². The molecule has 190 valence electrons. The Balaban J connectivity index is 1.53. The highest BCUT2D eigenvalue weighted by molar-refractivity contribution is 6.08. The molecule has 11 heteroatoms. The summed E-state index contributed by atoms with van der Waals surface area (Å²) in [6, 6.07) is 3.37. The molecule has 1 saturated heterocycles. The van der Waals surface area contributed by atoms with Crippen molar-refractivity contribution in [2.45, 2.75) is 65.3 Å². The Morgan fingerprint density at radius 2 is 1.94 bits per heavy atom. The fourth-order valence-electron chi connectivity index (χ4n) is 4.70. The van der Waals surface area contributed by atoms with Crippen LogP contribution in [0.5, 0.6) is 0 Å². The van der Waals surface area contributed by atoms with Crippen LogP contribution >= 0.6 is 0 Å². The van der Waals surface area contributed by atoms with E-state index in [-0.39, 0.29) is 16.8 Å². The molecule has 2 N–H and O–H groups in total. The average molecular weight is 489 g/mol. The highest BCUT2D eigenvalue weighted by Gasteiger charge is 2.53. The minimum absolute atomic E-state index is 0.153. The zero-order valence-corrected chi connectivity index (χ0v) is 20.5. The van der Waals surface area contributed by atoms with Gasteiger partial charge in [-0.2, -0.15) is 0 Å². The van der Waals surface area contributed by atoms with Crippen molar-refractivity contribution in [3.05, 3.63) is 33.9 Å². The minimum atomic E-state index is -0.991. The summed E-state index contributed by atoms with van der Waals surface area (Å²) in [5, 5.41) is 16.2. The van der Waals surface area contributed by atoms with E-state index in [1.807, 2.05) is 0 Å². The number of carbonyl (C=O) groups excluding carboxylic acids is 4. The highest BCUT2D eigenvalue weighted by Crippen LogP contribution is 2.45. The minimum Gasteiger partial charge on any atom is -0.454 e. The monoisotopic (exact) mass is 488 g/mol. The predicted molar refractivity (Wildman–Crippen MR) is 126 cm³/mol. The van der Waals surface area contributed by atoms with Gasteiger partial charge >= 0.3 is 12.0 Å². The third-order valence-corrected chi connectivity index (χ3v) is 7.46. The lowest BCUT2D eigenvalue weighted by molar-refractivity contribution is -0.384. The zero-order valence-electron chi connectivity index (χ0n) is 20.5. The van der Waals surface area contributed by atoms with Crippen LogP contribution in [0.15, 0.2) is 18.2 Å². The Labute approximate surface area is 203 Å². The van der Waals surface area contributed by atoms with Crippen molar-refractivity contribution < 1.29 is 28.8 Å². The Kier molecular flexibility index (Phi) is 7.47. The van der Waals surface area contributed by atoms with Crippen molar-refractivity contribution in [1.29, 1.82) is 0 Å². The van der Waals surface area contributed by atoms with E-state index in [2.05, 4.69) is 31.4 Å². The second-order valence-electron chi connectivity index (χ2n) is 9.99. The first-order chi connectivity index (χ1) is 16.4. The van der Waals surface area contributed by atoms with Crippen molar-refractivity contribution in [2.75, 3.05) is 18.5 Å². The maximum absolute atomic E-state index is 13.1. The van der Waals surface area contributed by atoms with Gasteiger partial charge in [0.05, 0.1) is 10.6 Å². The van der Waals surface area contributed by atoms with Crippen LogP contribution in [0.3, 0.4) is 0 Å². The van der Waals surface area contributed by atoms with Gasteiger partial charge in [-0.15, -0.1) is 0 Å². The molecule has 1 heterocycles. The van der Waals surface area contributed by atoms with Gasteiger partial charge in [0.2, 0.25) is 0 Å². The van der Waals surface area contributed by atoms with Gasteiger partial charge in [0.1, 0.15) is 12.1 Å². The largest absolute Gasteiger partial charge is 0.454 e. The molecule has 1 aliphatic carbocycles. The van der Waals surface area contributed by atoms with Gasteiger partial charge in [0.25, 0.3) is 17.5 Å². The van der Waals surface area contributed by atoms with Crippen molar-refractivity contribution >= 4 is 35.2 Å². The average Bonchev–Trinajstić information content (AvgIpc) is 3.03. The summed E-state index contributed by atoms with van der Waals surface area (Å²) in [5.41, 5.74) is -0.215. The van der Waals surface area contributed by atoms with Crippen LogP contribution in [0.4, 0.5) is 16.2 Å². The normalized spacial score (nSPS) is 22.2. The van der Waals surface area contributed by atoms with Crippen molar-refractivity contribution in [3.63, 3.8) is 0 Å². The molecular formula is C24H32N4O7. The maximum atomic E-state index is 13.1. The molecule has 2 aliphatic rings. The van der Waals surface area contributed by atoms with Crippen LogP contribution in [0.1, 0.15) is 58.4 Å². The number of nitro benzene ring substituents is 1. The number of esters is 1. The fraction of sp³-hybridized carbons (Fsp3) is 0.583. The van der Waals surface area contributed by atoms with E-state index in [9.17, 15) is 29.3 Å². The number of ether oxygens (including phenoxy) is 1. The second-order valence-corrected chi connectivity index (χ2v) is 9.99. The molecule has 1 spiro atoms. The summed E-state index contributed by atoms with van der Waals surface area (Å²) in [5.74, 6) is -1.59. The molecule has 0 aromatic heterocycles. The Hall–Kier alpha value is -3.50. The smallest absolute Gasteiger partial charge is 0.326 e. The van der Waals surface area contributed by atoms with Crippen molar-refractivity contribution in [1.82, 2.24) is 10.2 Å². The molecule has 4 amide bonds.